The number of ether oxygens (including phenoxy) is 2. The number of methoxy groups -OCH3 is 1. The number of hydrogen-bond donors (Lipinski definition) is 1. The van der Waals surface area contributed by atoms with Crippen LogP contribution in [0.4, 0.5) is 5.69 Å². The summed E-state index contributed by atoms with van der Waals surface area (Å²) < 4.78 is 10.7. The largest absolute Gasteiger partial charge is 0.493 e. The number of amides is 1. The first-order valence-corrected chi connectivity index (χ1v) is 8.96. The highest BCUT2D eigenvalue weighted by molar-refractivity contribution is 6.28. The van der Waals surface area contributed by atoms with Crippen molar-refractivity contribution in [3.63, 3.8) is 0 Å². The molecule has 0 heterocycles. The normalized spacial score (nSPS) is 12.0. The first-order chi connectivity index (χ1) is 14.1. The predicted octanol–water partition coefficient (Wildman–Crippen LogP) is 3.49. The average Bonchev–Trinajstić information content (AvgIpc) is 2.76. The van der Waals surface area contributed by atoms with E-state index in [0.29, 0.717) is 33.9 Å². The van der Waals surface area contributed by atoms with Gasteiger partial charge in [0.25, 0.3) is 5.91 Å². The van der Waals surface area contributed by atoms with E-state index >= 15 is 0 Å². The summed E-state index contributed by atoms with van der Waals surface area (Å²) in [5.74, 6) is 0.139. The topological polar surface area (TPSA) is 81.7 Å². The third-order valence-corrected chi connectivity index (χ3v) is 4.64. The summed E-state index contributed by atoms with van der Waals surface area (Å²) in [5, 5.41) is 2.69. The summed E-state index contributed by atoms with van der Waals surface area (Å²) in [6.07, 6.45) is 0. The van der Waals surface area contributed by atoms with Crippen molar-refractivity contribution >= 4 is 23.2 Å². The van der Waals surface area contributed by atoms with Gasteiger partial charge in [0.1, 0.15) is 0 Å². The van der Waals surface area contributed by atoms with Crippen molar-refractivity contribution in [1.29, 1.82) is 0 Å². The molecule has 6 heteroatoms. The van der Waals surface area contributed by atoms with Crippen LogP contribution >= 0.6 is 0 Å². The first kappa shape index (κ1) is 18.4. The number of carbonyl (C=O) groups excluding carboxylic acids is 3. The lowest BCUT2D eigenvalue weighted by molar-refractivity contribution is -0.118. The number of rotatable bonds is 5. The third kappa shape index (κ3) is 3.48. The molecule has 1 N–H and O–H groups in total. The van der Waals surface area contributed by atoms with Crippen molar-refractivity contribution in [2.45, 2.75) is 0 Å². The maximum absolute atomic E-state index is 12.8. The number of anilines is 1. The predicted molar refractivity (Wildman–Crippen MR) is 107 cm³/mol. The minimum absolute atomic E-state index is 0.201. The van der Waals surface area contributed by atoms with Gasteiger partial charge in [-0.3, -0.25) is 14.4 Å². The number of benzene rings is 3. The SMILES string of the molecule is COc1ccccc1OCC(=O)Nc1ccc2c(c1)C(=O)c1ccccc1C2=O. The standard InChI is InChI=1S/C23H17NO5/c1-28-19-8-4-5-9-20(19)29-13-21(25)24-14-10-11-17-18(12-14)23(27)16-7-3-2-6-15(16)22(17)26/h2-12H,13H2,1H3,(H,24,25). The molecule has 0 radical (unpaired) electrons. The Morgan fingerprint density at radius 3 is 2.07 bits per heavy atom. The smallest absolute Gasteiger partial charge is 0.262 e. The fourth-order valence-electron chi connectivity index (χ4n) is 3.26. The van der Waals surface area contributed by atoms with Crippen LogP contribution in [0.5, 0.6) is 11.5 Å². The van der Waals surface area contributed by atoms with Crippen molar-refractivity contribution in [2.75, 3.05) is 19.0 Å². The van der Waals surface area contributed by atoms with Gasteiger partial charge in [-0.15, -0.1) is 0 Å². The molecule has 3 aromatic rings. The summed E-state index contributed by atoms with van der Waals surface area (Å²) in [6, 6.07) is 18.4. The van der Waals surface area contributed by atoms with Crippen LogP contribution in [0, 0.1) is 0 Å². The van der Waals surface area contributed by atoms with Crippen molar-refractivity contribution in [3.8, 4) is 11.5 Å². The van der Waals surface area contributed by atoms with Gasteiger partial charge in [-0.2, -0.15) is 0 Å². The van der Waals surface area contributed by atoms with Gasteiger partial charge in [0.2, 0.25) is 0 Å². The molecule has 1 aliphatic rings. The first-order valence-electron chi connectivity index (χ1n) is 8.96. The van der Waals surface area contributed by atoms with Gasteiger partial charge in [-0.1, -0.05) is 36.4 Å². The maximum Gasteiger partial charge on any atom is 0.262 e. The molecule has 0 aromatic heterocycles. The van der Waals surface area contributed by atoms with E-state index in [1.165, 1.54) is 13.2 Å². The Morgan fingerprint density at radius 1 is 0.793 bits per heavy atom. The molecule has 0 aliphatic heterocycles. The Balaban J connectivity index is 1.50. The van der Waals surface area contributed by atoms with E-state index in [9.17, 15) is 14.4 Å². The highest BCUT2D eigenvalue weighted by Gasteiger charge is 2.29. The van der Waals surface area contributed by atoms with Crippen LogP contribution in [-0.4, -0.2) is 31.2 Å². The van der Waals surface area contributed by atoms with Crippen LogP contribution in [-0.2, 0) is 4.79 Å². The maximum atomic E-state index is 12.8. The van der Waals surface area contributed by atoms with Gasteiger partial charge in [0, 0.05) is 27.9 Å². The molecule has 1 aliphatic carbocycles. The van der Waals surface area contributed by atoms with E-state index in [4.69, 9.17) is 9.47 Å². The highest BCUT2D eigenvalue weighted by atomic mass is 16.5. The summed E-state index contributed by atoms with van der Waals surface area (Å²) >= 11 is 0. The number of ketones is 2. The van der Waals surface area contributed by atoms with Gasteiger partial charge in [-0.25, -0.2) is 0 Å². The van der Waals surface area contributed by atoms with Crippen molar-refractivity contribution in [1.82, 2.24) is 0 Å². The van der Waals surface area contributed by atoms with Crippen molar-refractivity contribution in [2.24, 2.45) is 0 Å². The zero-order chi connectivity index (χ0) is 20.4. The summed E-state index contributed by atoms with van der Waals surface area (Å²) in [6.45, 7) is -0.229. The molecular formula is C23H17NO5. The zero-order valence-corrected chi connectivity index (χ0v) is 15.6. The van der Waals surface area contributed by atoms with Crippen LogP contribution in [0.3, 0.4) is 0 Å². The quantitative estimate of drug-likeness (QED) is 0.567. The molecule has 0 saturated heterocycles. The van der Waals surface area contributed by atoms with Gasteiger partial charge in [-0.05, 0) is 30.3 Å². The van der Waals surface area contributed by atoms with Gasteiger partial charge < -0.3 is 14.8 Å². The molecule has 6 nitrogen and oxygen atoms in total. The van der Waals surface area contributed by atoms with Gasteiger partial charge >= 0.3 is 0 Å². The summed E-state index contributed by atoms with van der Waals surface area (Å²) in [7, 11) is 1.52. The van der Waals surface area contributed by atoms with E-state index in [1.807, 2.05) is 0 Å². The molecule has 4 rings (SSSR count). The third-order valence-electron chi connectivity index (χ3n) is 4.64. The number of para-hydroxylation sites is 2. The molecule has 0 atom stereocenters. The van der Waals surface area contributed by atoms with Crippen LogP contribution in [0.2, 0.25) is 0 Å². The second-order valence-electron chi connectivity index (χ2n) is 6.45. The van der Waals surface area contributed by atoms with E-state index in [2.05, 4.69) is 5.32 Å². The molecule has 1 amide bonds. The summed E-state index contributed by atoms with van der Waals surface area (Å²) in [5.41, 5.74) is 1.78. The Morgan fingerprint density at radius 2 is 1.38 bits per heavy atom. The van der Waals surface area contributed by atoms with E-state index in [0.717, 1.165) is 0 Å². The fourth-order valence-corrected chi connectivity index (χ4v) is 3.26. The number of carbonyl (C=O) groups is 3. The van der Waals surface area contributed by atoms with Crippen molar-refractivity contribution < 1.29 is 23.9 Å². The highest BCUT2D eigenvalue weighted by Crippen LogP contribution is 2.29. The zero-order valence-electron chi connectivity index (χ0n) is 15.6. The average molecular weight is 387 g/mol. The van der Waals surface area contributed by atoms with E-state index in [1.54, 1.807) is 60.7 Å². The number of fused-ring (bicyclic) bond motifs is 2. The minimum atomic E-state index is -0.397. The van der Waals surface area contributed by atoms with Crippen molar-refractivity contribution in [3.05, 3.63) is 89.0 Å². The molecule has 0 spiro atoms. The lowest BCUT2D eigenvalue weighted by Gasteiger charge is -2.18. The molecule has 3 aromatic carbocycles. The Kier molecular flexibility index (Phi) is 4.83. The van der Waals surface area contributed by atoms with Crippen LogP contribution in [0.25, 0.3) is 0 Å². The number of nitrogens with one attached hydrogen (secondary N) is 1. The minimum Gasteiger partial charge on any atom is -0.493 e. The lowest BCUT2D eigenvalue weighted by atomic mass is 9.84. The second kappa shape index (κ2) is 7.59. The molecule has 0 bridgehead atoms. The Labute approximate surface area is 167 Å². The molecule has 0 saturated carbocycles. The monoisotopic (exact) mass is 387 g/mol. The second-order valence-corrected chi connectivity index (χ2v) is 6.45. The molecule has 0 fully saturated rings. The fraction of sp³-hybridized carbons (Fsp3) is 0.0870. The Hall–Kier alpha value is -3.93. The van der Waals surface area contributed by atoms with E-state index in [-0.39, 0.29) is 23.7 Å². The Bertz CT molecular complexity index is 1140. The number of hydrogen-bond acceptors (Lipinski definition) is 5. The molecule has 0 unspecified atom stereocenters. The van der Waals surface area contributed by atoms with Crippen LogP contribution in [0.1, 0.15) is 31.8 Å². The van der Waals surface area contributed by atoms with Gasteiger partial charge in [0.05, 0.1) is 7.11 Å². The molecule has 144 valence electrons. The summed E-state index contributed by atoms with van der Waals surface area (Å²) in [4.78, 5) is 37.7. The van der Waals surface area contributed by atoms with E-state index < -0.39 is 5.91 Å². The molecule has 29 heavy (non-hydrogen) atoms. The molecular weight excluding hydrogens is 370 g/mol. The van der Waals surface area contributed by atoms with Gasteiger partial charge in [0.15, 0.2) is 29.7 Å². The lowest BCUT2D eigenvalue weighted by Crippen LogP contribution is -2.23. The van der Waals surface area contributed by atoms with Crippen LogP contribution < -0.4 is 14.8 Å². The van der Waals surface area contributed by atoms with Crippen LogP contribution in [0.15, 0.2) is 66.7 Å².